The van der Waals surface area contributed by atoms with Crippen molar-refractivity contribution in [1.82, 2.24) is 25.0 Å². The second kappa shape index (κ2) is 8.21. The van der Waals surface area contributed by atoms with Gasteiger partial charge in [-0.1, -0.05) is 55.3 Å². The first-order chi connectivity index (χ1) is 13.8. The van der Waals surface area contributed by atoms with E-state index in [1.54, 1.807) is 4.52 Å². The van der Waals surface area contributed by atoms with Gasteiger partial charge >= 0.3 is 0 Å². The first-order valence-corrected chi connectivity index (χ1v) is 9.63. The largest absolute Gasteiger partial charge is 0.472 e. The van der Waals surface area contributed by atoms with Crippen molar-refractivity contribution >= 4 is 16.4 Å². The van der Waals surface area contributed by atoms with Crippen LogP contribution >= 0.6 is 0 Å². The van der Waals surface area contributed by atoms with Crippen LogP contribution in [0.25, 0.3) is 27.9 Å². The van der Waals surface area contributed by atoms with Gasteiger partial charge in [-0.15, -0.1) is 15.3 Å². The Kier molecular flexibility index (Phi) is 5.32. The van der Waals surface area contributed by atoms with Crippen LogP contribution in [0, 0.1) is 6.92 Å². The minimum atomic E-state index is 0.467. The van der Waals surface area contributed by atoms with Crippen molar-refractivity contribution in [3.05, 3.63) is 48.2 Å². The molecule has 3 heterocycles. The Hall–Kier alpha value is -3.22. The number of fused-ring (bicyclic) bond motifs is 3. The summed E-state index contributed by atoms with van der Waals surface area (Å²) >= 11 is 0. The molecule has 28 heavy (non-hydrogen) atoms. The maximum Gasteiger partial charge on any atom is 0.240 e. The van der Waals surface area contributed by atoms with E-state index in [0.717, 1.165) is 17.2 Å². The van der Waals surface area contributed by atoms with E-state index in [2.05, 4.69) is 33.5 Å². The first kappa shape index (κ1) is 18.2. The van der Waals surface area contributed by atoms with E-state index >= 15 is 0 Å². The molecule has 7 nitrogen and oxygen atoms in total. The van der Waals surface area contributed by atoms with Crippen molar-refractivity contribution in [1.29, 1.82) is 0 Å². The van der Waals surface area contributed by atoms with E-state index in [4.69, 9.17) is 9.26 Å². The van der Waals surface area contributed by atoms with Gasteiger partial charge in [-0.3, -0.25) is 0 Å². The molecule has 4 rings (SSSR count). The Balaban J connectivity index is 1.66. The molecule has 0 radical (unpaired) electrons. The fourth-order valence-corrected chi connectivity index (χ4v) is 3.11. The standard InChI is InChI=1S/C21H23N5O2/c1-3-4-5-6-7-10-13-27-21-17-12-9-8-11-16(17)19-22-23-20(26(19)24-21)18-14-15(2)28-25-18/h7-12,14H,3-6,13H2,1-2H3. The van der Waals surface area contributed by atoms with Crippen LogP contribution in [-0.4, -0.2) is 31.6 Å². The minimum absolute atomic E-state index is 0.467. The van der Waals surface area contributed by atoms with Crippen molar-refractivity contribution in [3.8, 4) is 17.4 Å². The van der Waals surface area contributed by atoms with Crippen molar-refractivity contribution in [2.45, 2.75) is 39.5 Å². The number of unbranched alkanes of at least 4 members (excludes halogenated alkanes) is 3. The number of allylic oxidation sites excluding steroid dienone is 1. The lowest BCUT2D eigenvalue weighted by molar-refractivity contribution is 0.347. The highest BCUT2D eigenvalue weighted by Crippen LogP contribution is 2.28. The summed E-state index contributed by atoms with van der Waals surface area (Å²) in [5, 5.41) is 19.1. The SMILES string of the molecule is CCCCCC=CCOc1nn2c(-c3cc(C)on3)nnc2c2ccccc12. The van der Waals surface area contributed by atoms with E-state index in [-0.39, 0.29) is 0 Å². The number of aryl methyl sites for hydroxylation is 1. The number of rotatable bonds is 8. The Labute approximate surface area is 163 Å². The number of hydrogen-bond acceptors (Lipinski definition) is 6. The average molecular weight is 377 g/mol. The molecule has 0 amide bonds. The van der Waals surface area contributed by atoms with Crippen molar-refractivity contribution in [2.24, 2.45) is 0 Å². The molecule has 144 valence electrons. The molecule has 0 saturated heterocycles. The first-order valence-electron chi connectivity index (χ1n) is 9.63. The topological polar surface area (TPSA) is 78.3 Å². The van der Waals surface area contributed by atoms with Gasteiger partial charge in [0.25, 0.3) is 0 Å². The summed E-state index contributed by atoms with van der Waals surface area (Å²) in [4.78, 5) is 0. The third-order valence-electron chi connectivity index (χ3n) is 4.54. The van der Waals surface area contributed by atoms with Crippen LogP contribution in [0.2, 0.25) is 0 Å². The lowest BCUT2D eigenvalue weighted by Crippen LogP contribution is -2.03. The Morgan fingerprint density at radius 3 is 2.75 bits per heavy atom. The van der Waals surface area contributed by atoms with E-state index in [0.29, 0.717) is 35.4 Å². The van der Waals surface area contributed by atoms with Crippen molar-refractivity contribution in [2.75, 3.05) is 6.61 Å². The maximum atomic E-state index is 5.98. The molecule has 7 heteroatoms. The summed E-state index contributed by atoms with van der Waals surface area (Å²) in [6, 6.07) is 9.72. The number of ether oxygens (including phenoxy) is 1. The summed E-state index contributed by atoms with van der Waals surface area (Å²) in [6.07, 6.45) is 8.98. The fourth-order valence-electron chi connectivity index (χ4n) is 3.11. The predicted octanol–water partition coefficient (Wildman–Crippen LogP) is 4.76. The zero-order chi connectivity index (χ0) is 19.3. The lowest BCUT2D eigenvalue weighted by Gasteiger charge is -2.08. The van der Waals surface area contributed by atoms with E-state index in [1.165, 1.54) is 19.3 Å². The highest BCUT2D eigenvalue weighted by atomic mass is 16.5. The summed E-state index contributed by atoms with van der Waals surface area (Å²) in [5.74, 6) is 1.78. The van der Waals surface area contributed by atoms with Gasteiger partial charge < -0.3 is 9.26 Å². The monoisotopic (exact) mass is 377 g/mol. The molecule has 0 fully saturated rings. The smallest absolute Gasteiger partial charge is 0.240 e. The highest BCUT2D eigenvalue weighted by Gasteiger charge is 2.18. The van der Waals surface area contributed by atoms with Gasteiger partial charge in [0.05, 0.1) is 0 Å². The molecule has 0 spiro atoms. The van der Waals surface area contributed by atoms with Gasteiger partial charge in [0.15, 0.2) is 11.3 Å². The summed E-state index contributed by atoms with van der Waals surface area (Å²) < 4.78 is 12.8. The molecule has 3 aromatic heterocycles. The van der Waals surface area contributed by atoms with Gasteiger partial charge in [-0.05, 0) is 25.8 Å². The molecule has 0 N–H and O–H groups in total. The zero-order valence-electron chi connectivity index (χ0n) is 16.1. The minimum Gasteiger partial charge on any atom is -0.472 e. The van der Waals surface area contributed by atoms with Gasteiger partial charge in [0, 0.05) is 16.8 Å². The molecule has 0 saturated carbocycles. The second-order valence-electron chi connectivity index (χ2n) is 6.71. The van der Waals surface area contributed by atoms with Gasteiger partial charge in [0.1, 0.15) is 12.4 Å². The predicted molar refractivity (Wildman–Crippen MR) is 107 cm³/mol. The van der Waals surface area contributed by atoms with Crippen LogP contribution in [0.3, 0.4) is 0 Å². The summed E-state index contributed by atoms with van der Waals surface area (Å²) in [7, 11) is 0. The van der Waals surface area contributed by atoms with Gasteiger partial charge in [-0.25, -0.2) is 0 Å². The number of aromatic nitrogens is 5. The Morgan fingerprint density at radius 2 is 1.96 bits per heavy atom. The number of hydrogen-bond donors (Lipinski definition) is 0. The molecule has 1 aromatic carbocycles. The molecule has 0 atom stereocenters. The zero-order valence-corrected chi connectivity index (χ0v) is 16.1. The van der Waals surface area contributed by atoms with Gasteiger partial charge in [-0.2, -0.15) is 4.52 Å². The van der Waals surface area contributed by atoms with E-state index in [1.807, 2.05) is 43.3 Å². The van der Waals surface area contributed by atoms with Crippen LogP contribution < -0.4 is 4.74 Å². The van der Waals surface area contributed by atoms with Crippen LogP contribution in [-0.2, 0) is 0 Å². The van der Waals surface area contributed by atoms with E-state index < -0.39 is 0 Å². The number of nitrogens with zero attached hydrogens (tertiary/aromatic N) is 5. The van der Waals surface area contributed by atoms with Crippen LogP contribution in [0.1, 0.15) is 38.4 Å². The quantitative estimate of drug-likeness (QED) is 0.325. The third kappa shape index (κ3) is 3.60. The molecule has 0 aliphatic rings. The van der Waals surface area contributed by atoms with Crippen molar-refractivity contribution < 1.29 is 9.26 Å². The average Bonchev–Trinajstić information content (AvgIpc) is 3.33. The van der Waals surface area contributed by atoms with Crippen LogP contribution in [0.5, 0.6) is 5.88 Å². The fraction of sp³-hybridized carbons (Fsp3) is 0.333. The van der Waals surface area contributed by atoms with Crippen LogP contribution in [0.4, 0.5) is 0 Å². The molecular weight excluding hydrogens is 354 g/mol. The summed E-state index contributed by atoms with van der Waals surface area (Å²) in [5.41, 5.74) is 1.25. The second-order valence-corrected chi connectivity index (χ2v) is 6.71. The third-order valence-corrected chi connectivity index (χ3v) is 4.54. The normalized spacial score (nSPS) is 11.8. The van der Waals surface area contributed by atoms with Gasteiger partial charge in [0.2, 0.25) is 11.7 Å². The molecular formula is C21H23N5O2. The lowest BCUT2D eigenvalue weighted by atomic mass is 10.2. The molecule has 4 aromatic rings. The molecule has 0 bridgehead atoms. The van der Waals surface area contributed by atoms with E-state index in [9.17, 15) is 0 Å². The maximum absolute atomic E-state index is 5.98. The summed E-state index contributed by atoms with van der Waals surface area (Å²) in [6.45, 7) is 4.51. The molecule has 0 aliphatic heterocycles. The molecule has 0 unspecified atom stereocenters. The number of benzene rings is 1. The Morgan fingerprint density at radius 1 is 1.11 bits per heavy atom. The van der Waals surface area contributed by atoms with Crippen LogP contribution in [0.15, 0.2) is 47.0 Å². The Bertz CT molecular complexity index is 1110. The molecule has 0 aliphatic carbocycles. The highest BCUT2D eigenvalue weighted by molar-refractivity contribution is 5.96. The van der Waals surface area contributed by atoms with Crippen molar-refractivity contribution in [3.63, 3.8) is 0 Å².